The summed E-state index contributed by atoms with van der Waals surface area (Å²) in [6.45, 7) is 11.5. The minimum Gasteiger partial charge on any atom is -0.147 e. The van der Waals surface area contributed by atoms with Crippen LogP contribution in [0, 0.1) is 5.92 Å². The van der Waals surface area contributed by atoms with Crippen molar-refractivity contribution in [3.8, 4) is 16.9 Å². The zero-order valence-corrected chi connectivity index (χ0v) is 22.7. The molecule has 2 aromatic carbocycles. The average Bonchev–Trinajstić information content (AvgIpc) is 2.84. The molecule has 0 N–H and O–H groups in total. The maximum absolute atomic E-state index is 6.73. The van der Waals surface area contributed by atoms with Crippen LogP contribution in [0.3, 0.4) is 0 Å². The van der Waals surface area contributed by atoms with E-state index in [-0.39, 0.29) is 24.8 Å². The minimum absolute atomic E-state index is 0. The summed E-state index contributed by atoms with van der Waals surface area (Å²) in [5, 5.41) is 1.60. The van der Waals surface area contributed by atoms with E-state index in [0.29, 0.717) is 5.92 Å². The molecule has 5 heteroatoms. The molecule has 0 spiro atoms. The standard InChI is InChI=1S/C12H10O.C8H13Si.C3H6.2ClH.Ti/c13-12-8-4-7-11(9-12)10-5-2-1-3-6-10;1-5-4-8(9)7(3)6(5)2;1-3-2;;;/h1-9,13H;5H,1-3,9H3;1-2H3;2*1H;/q;;;;;+1/p-1. The van der Waals surface area contributed by atoms with Gasteiger partial charge < -0.3 is 0 Å². The topological polar surface area (TPSA) is 9.23 Å². The van der Waals surface area contributed by atoms with Crippen LogP contribution < -0.4 is 3.32 Å². The van der Waals surface area contributed by atoms with E-state index in [2.05, 4.69) is 89.2 Å². The van der Waals surface area contributed by atoms with Crippen molar-refractivity contribution in [1.82, 2.24) is 0 Å². The van der Waals surface area contributed by atoms with Gasteiger partial charge in [-0.2, -0.15) is 0 Å². The maximum atomic E-state index is 6.73. The van der Waals surface area contributed by atoms with Gasteiger partial charge in [0.1, 0.15) is 0 Å². The van der Waals surface area contributed by atoms with Gasteiger partial charge in [0.2, 0.25) is 0 Å². The Morgan fingerprint density at radius 1 is 0.929 bits per heavy atom. The molecular formula is C23H30Cl2OSiTi. The molecule has 0 radical (unpaired) electrons. The molecule has 0 aliphatic heterocycles. The number of allylic oxidation sites excluding steroid dienone is 4. The molecule has 1 aliphatic carbocycles. The fourth-order valence-corrected chi connectivity index (χ4v) is 9.08. The monoisotopic (exact) mass is 468 g/mol. The van der Waals surface area contributed by atoms with Crippen molar-refractivity contribution in [1.29, 1.82) is 0 Å². The van der Waals surface area contributed by atoms with Crippen LogP contribution in [0.15, 0.2) is 74.8 Å². The quantitative estimate of drug-likeness (QED) is 0.508. The molecule has 28 heavy (non-hydrogen) atoms. The maximum Gasteiger partial charge on any atom is -0.147 e. The van der Waals surface area contributed by atoms with Gasteiger partial charge in [0.05, 0.1) is 0 Å². The number of hydrogen-bond donors (Lipinski definition) is 0. The van der Waals surface area contributed by atoms with Crippen molar-refractivity contribution in [2.75, 3.05) is 0 Å². The molecule has 2 aromatic rings. The molecule has 3 rings (SSSR count). The van der Waals surface area contributed by atoms with Crippen LogP contribution in [0.4, 0.5) is 0 Å². The first-order valence-electron chi connectivity index (χ1n) is 9.29. The summed E-state index contributed by atoms with van der Waals surface area (Å²) in [5.41, 5.74) is 5.52. The van der Waals surface area contributed by atoms with Gasteiger partial charge in [0, 0.05) is 0 Å². The van der Waals surface area contributed by atoms with Gasteiger partial charge in [0.25, 0.3) is 0 Å². The van der Waals surface area contributed by atoms with Gasteiger partial charge >= 0.3 is 167 Å². The smallest absolute Gasteiger partial charge is 0.147 e. The van der Waals surface area contributed by atoms with Crippen LogP contribution in [-0.4, -0.2) is 14.1 Å². The van der Waals surface area contributed by atoms with Crippen molar-refractivity contribution in [2.24, 2.45) is 5.92 Å². The SMILES string of the molecule is CC1=C(C)C(C)[C]([Ti]([O]c2cccc(-c3ccccc3)c2)=[C](C)C)=C1[SiH3].Cl.Cl. The summed E-state index contributed by atoms with van der Waals surface area (Å²) in [4.78, 5) is 0. The molecule has 0 amide bonds. The number of halogens is 2. The number of hydrogen-bond acceptors (Lipinski definition) is 1. The zero-order chi connectivity index (χ0) is 18.8. The van der Waals surface area contributed by atoms with Crippen LogP contribution in [0.5, 0.6) is 5.75 Å². The molecular weight excluding hydrogens is 439 g/mol. The first-order valence-corrected chi connectivity index (χ1v) is 12.5. The molecule has 0 saturated heterocycles. The van der Waals surface area contributed by atoms with Crippen molar-refractivity contribution < 1.29 is 21.1 Å². The van der Waals surface area contributed by atoms with Gasteiger partial charge in [-0.1, -0.05) is 0 Å². The Balaban J connectivity index is 0.00000196. The van der Waals surface area contributed by atoms with Crippen LogP contribution in [0.2, 0.25) is 0 Å². The summed E-state index contributed by atoms with van der Waals surface area (Å²) in [6.07, 6.45) is 0. The third-order valence-corrected chi connectivity index (χ3v) is 11.7. The van der Waals surface area contributed by atoms with Crippen LogP contribution in [-0.2, 0) is 17.8 Å². The average molecular weight is 469 g/mol. The van der Waals surface area contributed by atoms with Crippen LogP contribution in [0.25, 0.3) is 11.1 Å². The fraction of sp³-hybridized carbons (Fsp3) is 0.261. The second-order valence-corrected chi connectivity index (χ2v) is 12.1. The fourth-order valence-electron chi connectivity index (χ4n) is 3.64. The molecule has 0 aromatic heterocycles. The Kier molecular flexibility index (Phi) is 9.66. The first kappa shape index (κ1) is 25.1. The van der Waals surface area contributed by atoms with Gasteiger partial charge in [-0.15, -0.1) is 24.8 Å². The summed E-state index contributed by atoms with van der Waals surface area (Å²) < 4.78 is 9.84. The van der Waals surface area contributed by atoms with E-state index in [1.54, 1.807) is 9.07 Å². The van der Waals surface area contributed by atoms with Gasteiger partial charge in [-0.25, -0.2) is 0 Å². The number of rotatable bonds is 4. The predicted molar refractivity (Wildman–Crippen MR) is 128 cm³/mol. The van der Waals surface area contributed by atoms with E-state index in [1.807, 2.05) is 0 Å². The summed E-state index contributed by atoms with van der Waals surface area (Å²) in [6, 6.07) is 19.1. The van der Waals surface area contributed by atoms with Gasteiger partial charge in [-0.3, -0.25) is 0 Å². The van der Waals surface area contributed by atoms with E-state index in [9.17, 15) is 0 Å². The van der Waals surface area contributed by atoms with Crippen molar-refractivity contribution in [3.63, 3.8) is 0 Å². The third kappa shape index (κ3) is 5.17. The molecule has 1 aliphatic rings. The van der Waals surface area contributed by atoms with E-state index < -0.39 is 17.8 Å². The normalized spacial score (nSPS) is 15.8. The van der Waals surface area contributed by atoms with Crippen molar-refractivity contribution in [3.05, 3.63) is 74.8 Å². The summed E-state index contributed by atoms with van der Waals surface area (Å²) >= 11 is -1.94. The minimum atomic E-state index is -1.94. The second kappa shape index (κ2) is 10.8. The Hall–Kier alpha value is -0.899. The van der Waals surface area contributed by atoms with E-state index in [4.69, 9.17) is 3.32 Å². The number of benzene rings is 2. The third-order valence-electron chi connectivity index (χ3n) is 5.50. The van der Waals surface area contributed by atoms with Crippen molar-refractivity contribution >= 4 is 38.9 Å². The first-order chi connectivity index (χ1) is 12.4. The zero-order valence-electron chi connectivity index (χ0n) is 17.5. The van der Waals surface area contributed by atoms with Gasteiger partial charge in [0.15, 0.2) is 0 Å². The Morgan fingerprint density at radius 3 is 2.07 bits per heavy atom. The Bertz CT molecular complexity index is 929. The molecule has 1 unspecified atom stereocenters. The molecule has 0 saturated carbocycles. The van der Waals surface area contributed by atoms with E-state index in [1.165, 1.54) is 26.1 Å². The Morgan fingerprint density at radius 2 is 1.54 bits per heavy atom. The molecule has 1 atom stereocenters. The van der Waals surface area contributed by atoms with Crippen molar-refractivity contribution in [2.45, 2.75) is 34.6 Å². The van der Waals surface area contributed by atoms with Gasteiger partial charge in [-0.05, 0) is 0 Å². The van der Waals surface area contributed by atoms with E-state index >= 15 is 0 Å². The van der Waals surface area contributed by atoms with E-state index in [0.717, 1.165) is 16.0 Å². The van der Waals surface area contributed by atoms with Crippen LogP contribution in [0.1, 0.15) is 34.6 Å². The summed E-state index contributed by atoms with van der Waals surface area (Å²) in [5.74, 6) is 1.56. The molecule has 150 valence electrons. The second-order valence-electron chi connectivity index (χ2n) is 7.39. The van der Waals surface area contributed by atoms with Crippen LogP contribution >= 0.6 is 24.8 Å². The molecule has 0 fully saturated rings. The molecule has 0 heterocycles. The molecule has 1 nitrogen and oxygen atoms in total. The molecule has 0 bridgehead atoms. The Labute approximate surface area is 191 Å². The largest absolute Gasteiger partial charge is 0.147 e. The predicted octanol–water partition coefficient (Wildman–Crippen LogP) is 5.88. The summed E-state index contributed by atoms with van der Waals surface area (Å²) in [7, 11) is 1.11.